The Kier molecular flexibility index (Phi) is 7.56. The van der Waals surface area contributed by atoms with Crippen molar-refractivity contribution >= 4 is 23.4 Å². The Hall–Kier alpha value is -0.380. The van der Waals surface area contributed by atoms with Crippen molar-refractivity contribution in [2.45, 2.75) is 32.9 Å². The minimum atomic E-state index is 0.491. The molecule has 0 spiro atoms. The summed E-state index contributed by atoms with van der Waals surface area (Å²) < 4.78 is 5.33. The first-order valence-corrected chi connectivity index (χ1v) is 7.84. The summed E-state index contributed by atoms with van der Waals surface area (Å²) in [6, 6.07) is 6.25. The molecule has 1 unspecified atom stereocenters. The molecule has 1 aromatic rings. The molecule has 0 fully saturated rings. The van der Waals surface area contributed by atoms with Gasteiger partial charge in [0.1, 0.15) is 5.75 Å². The molecule has 0 aliphatic heterocycles. The Morgan fingerprint density at radius 2 is 2.22 bits per heavy atom. The predicted octanol–water partition coefficient (Wildman–Crippen LogP) is 3.97. The number of benzene rings is 1. The van der Waals surface area contributed by atoms with E-state index in [1.807, 2.05) is 30.0 Å². The zero-order chi connectivity index (χ0) is 13.4. The zero-order valence-electron chi connectivity index (χ0n) is 11.3. The van der Waals surface area contributed by atoms with Gasteiger partial charge in [-0.3, -0.25) is 0 Å². The number of thioether (sulfide) groups is 1. The third-order valence-electron chi connectivity index (χ3n) is 2.82. The van der Waals surface area contributed by atoms with Crippen molar-refractivity contribution in [3.63, 3.8) is 0 Å². The smallest absolute Gasteiger partial charge is 0.124 e. The van der Waals surface area contributed by atoms with Crippen LogP contribution in [0.15, 0.2) is 18.2 Å². The van der Waals surface area contributed by atoms with Crippen molar-refractivity contribution in [3.05, 3.63) is 28.8 Å². The highest BCUT2D eigenvalue weighted by Crippen LogP contribution is 2.26. The Balaban J connectivity index is 2.47. The Morgan fingerprint density at radius 1 is 1.44 bits per heavy atom. The van der Waals surface area contributed by atoms with Gasteiger partial charge in [-0.25, -0.2) is 0 Å². The van der Waals surface area contributed by atoms with Crippen LogP contribution in [0.3, 0.4) is 0 Å². The summed E-state index contributed by atoms with van der Waals surface area (Å²) in [6.07, 6.45) is 1.17. The minimum absolute atomic E-state index is 0.491. The molecule has 1 N–H and O–H groups in total. The fraction of sp³-hybridized carbons (Fsp3) is 0.571. The highest BCUT2D eigenvalue weighted by atomic mass is 35.5. The molecule has 2 nitrogen and oxygen atoms in total. The summed E-state index contributed by atoms with van der Waals surface area (Å²) in [5, 5.41) is 4.26. The number of rotatable bonds is 8. The minimum Gasteiger partial charge on any atom is -0.496 e. The van der Waals surface area contributed by atoms with Crippen molar-refractivity contribution < 1.29 is 4.74 Å². The quantitative estimate of drug-likeness (QED) is 0.731. The first-order valence-electron chi connectivity index (χ1n) is 6.31. The largest absolute Gasteiger partial charge is 0.496 e. The molecule has 0 aromatic heterocycles. The van der Waals surface area contributed by atoms with Crippen LogP contribution in [0.1, 0.15) is 25.8 Å². The average molecular weight is 288 g/mol. The zero-order valence-corrected chi connectivity index (χ0v) is 12.9. The van der Waals surface area contributed by atoms with Crippen LogP contribution in [0.25, 0.3) is 0 Å². The van der Waals surface area contributed by atoms with Crippen LogP contribution >= 0.6 is 23.4 Å². The van der Waals surface area contributed by atoms with E-state index in [9.17, 15) is 0 Å². The van der Waals surface area contributed by atoms with E-state index in [1.54, 1.807) is 7.11 Å². The molecule has 4 heteroatoms. The van der Waals surface area contributed by atoms with E-state index in [0.717, 1.165) is 22.9 Å². The van der Waals surface area contributed by atoms with E-state index in [1.165, 1.54) is 17.9 Å². The lowest BCUT2D eigenvalue weighted by atomic mass is 10.1. The Morgan fingerprint density at radius 3 is 2.89 bits per heavy atom. The number of hydrogen-bond acceptors (Lipinski definition) is 3. The molecule has 1 aromatic carbocycles. The average Bonchev–Trinajstić information content (AvgIpc) is 2.37. The van der Waals surface area contributed by atoms with E-state index >= 15 is 0 Å². The number of halogens is 1. The summed E-state index contributed by atoms with van der Waals surface area (Å²) in [6.45, 7) is 5.15. The second-order valence-corrected chi connectivity index (χ2v) is 5.99. The lowest BCUT2D eigenvalue weighted by Gasteiger charge is -2.16. The third kappa shape index (κ3) is 5.09. The van der Waals surface area contributed by atoms with Crippen LogP contribution in [0.5, 0.6) is 5.75 Å². The van der Waals surface area contributed by atoms with Crippen molar-refractivity contribution in [2.24, 2.45) is 0 Å². The first kappa shape index (κ1) is 15.7. The summed E-state index contributed by atoms with van der Waals surface area (Å²) in [4.78, 5) is 0. The maximum atomic E-state index is 6.19. The first-order chi connectivity index (χ1) is 8.69. The van der Waals surface area contributed by atoms with Crippen molar-refractivity contribution in [3.8, 4) is 5.75 Å². The maximum Gasteiger partial charge on any atom is 0.124 e. The molecule has 18 heavy (non-hydrogen) atoms. The van der Waals surface area contributed by atoms with Gasteiger partial charge in [0.15, 0.2) is 0 Å². The van der Waals surface area contributed by atoms with Crippen LogP contribution in [-0.2, 0) is 6.54 Å². The molecule has 0 heterocycles. The highest BCUT2D eigenvalue weighted by Gasteiger charge is 2.09. The molecule has 0 saturated carbocycles. The fourth-order valence-corrected chi connectivity index (χ4v) is 2.73. The molecule has 0 aliphatic carbocycles. The van der Waals surface area contributed by atoms with E-state index < -0.39 is 0 Å². The van der Waals surface area contributed by atoms with Crippen molar-refractivity contribution in [2.75, 3.05) is 18.6 Å². The van der Waals surface area contributed by atoms with E-state index in [4.69, 9.17) is 16.3 Å². The molecule has 0 radical (unpaired) electrons. The predicted molar refractivity (Wildman–Crippen MR) is 81.9 cm³/mol. The second kappa shape index (κ2) is 8.68. The molecular formula is C14H22ClNOS. The number of hydrogen-bond donors (Lipinski definition) is 1. The number of ether oxygens (including phenoxy) is 1. The highest BCUT2D eigenvalue weighted by molar-refractivity contribution is 7.99. The van der Waals surface area contributed by atoms with Crippen LogP contribution in [0, 0.1) is 0 Å². The second-order valence-electron chi connectivity index (χ2n) is 4.19. The summed E-state index contributed by atoms with van der Waals surface area (Å²) in [7, 11) is 1.68. The molecule has 0 aliphatic rings. The van der Waals surface area contributed by atoms with Crippen LogP contribution in [0.2, 0.25) is 5.02 Å². The van der Waals surface area contributed by atoms with Gasteiger partial charge in [0.25, 0.3) is 0 Å². The van der Waals surface area contributed by atoms with Crippen LogP contribution in [-0.4, -0.2) is 24.7 Å². The maximum absolute atomic E-state index is 6.19. The van der Waals surface area contributed by atoms with Crippen LogP contribution in [0.4, 0.5) is 0 Å². The summed E-state index contributed by atoms with van der Waals surface area (Å²) in [5.41, 5.74) is 1.04. The Bertz CT molecular complexity index is 360. The monoisotopic (exact) mass is 287 g/mol. The van der Waals surface area contributed by atoms with Gasteiger partial charge in [0.2, 0.25) is 0 Å². The van der Waals surface area contributed by atoms with Gasteiger partial charge in [0, 0.05) is 23.2 Å². The lowest BCUT2D eigenvalue weighted by molar-refractivity contribution is 0.405. The molecular weight excluding hydrogens is 266 g/mol. The lowest BCUT2D eigenvalue weighted by Crippen LogP contribution is -2.26. The molecule has 102 valence electrons. The molecule has 1 atom stereocenters. The molecule has 0 saturated heterocycles. The summed E-state index contributed by atoms with van der Waals surface area (Å²) in [5.74, 6) is 3.24. The fourth-order valence-electron chi connectivity index (χ4n) is 1.68. The van der Waals surface area contributed by atoms with Crippen molar-refractivity contribution in [1.29, 1.82) is 0 Å². The normalized spacial score (nSPS) is 12.4. The van der Waals surface area contributed by atoms with E-state index in [2.05, 4.69) is 19.2 Å². The van der Waals surface area contributed by atoms with Gasteiger partial charge in [-0.15, -0.1) is 0 Å². The van der Waals surface area contributed by atoms with Gasteiger partial charge < -0.3 is 10.1 Å². The Labute approximate surface area is 119 Å². The van der Waals surface area contributed by atoms with Gasteiger partial charge in [-0.1, -0.05) is 24.6 Å². The molecule has 1 rings (SSSR count). The SMILES string of the molecule is CCSCCC(C)NCc1c(Cl)cccc1OC. The van der Waals surface area contributed by atoms with E-state index in [-0.39, 0.29) is 0 Å². The van der Waals surface area contributed by atoms with Gasteiger partial charge in [0.05, 0.1) is 7.11 Å². The third-order valence-corrected chi connectivity index (χ3v) is 4.11. The molecule has 0 amide bonds. The van der Waals surface area contributed by atoms with Gasteiger partial charge >= 0.3 is 0 Å². The van der Waals surface area contributed by atoms with Gasteiger partial charge in [-0.2, -0.15) is 11.8 Å². The standard InChI is InChI=1S/C14H22ClNOS/c1-4-18-9-8-11(2)16-10-12-13(15)6-5-7-14(12)17-3/h5-7,11,16H,4,8-10H2,1-3H3. The summed E-state index contributed by atoms with van der Waals surface area (Å²) >= 11 is 8.17. The van der Waals surface area contributed by atoms with E-state index in [0.29, 0.717) is 6.04 Å². The van der Waals surface area contributed by atoms with Crippen LogP contribution < -0.4 is 10.1 Å². The number of nitrogens with one attached hydrogen (secondary N) is 1. The molecule has 0 bridgehead atoms. The van der Waals surface area contributed by atoms with Gasteiger partial charge in [-0.05, 0) is 37.0 Å². The van der Waals surface area contributed by atoms with Crippen molar-refractivity contribution in [1.82, 2.24) is 5.32 Å². The topological polar surface area (TPSA) is 21.3 Å². The number of methoxy groups -OCH3 is 1.